The van der Waals surface area contributed by atoms with Crippen LogP contribution in [0.25, 0.3) is 0 Å². The third-order valence-electron chi connectivity index (χ3n) is 4.98. The molecule has 144 valence electrons. The first-order valence-corrected chi connectivity index (χ1v) is 9.23. The second kappa shape index (κ2) is 8.82. The van der Waals surface area contributed by atoms with Crippen molar-refractivity contribution in [3.8, 4) is 11.5 Å². The van der Waals surface area contributed by atoms with Crippen LogP contribution in [0.1, 0.15) is 24.8 Å². The fraction of sp³-hybridized carbons (Fsp3) is 0.381. The van der Waals surface area contributed by atoms with E-state index in [0.29, 0.717) is 19.2 Å². The molecule has 2 aromatic carbocycles. The van der Waals surface area contributed by atoms with Crippen molar-refractivity contribution in [2.75, 3.05) is 25.1 Å². The quantitative estimate of drug-likeness (QED) is 0.383. The minimum Gasteiger partial charge on any atom is -0.490 e. The molecule has 0 aromatic heterocycles. The molecule has 0 atom stereocenters. The Hall–Kier alpha value is -1.96. The Morgan fingerprint density at radius 3 is 2.52 bits per heavy atom. The van der Waals surface area contributed by atoms with E-state index in [2.05, 4.69) is 40.6 Å². The highest BCUT2D eigenvalue weighted by Gasteiger charge is 2.42. The summed E-state index contributed by atoms with van der Waals surface area (Å²) in [5.41, 5.74) is 8.62. The van der Waals surface area contributed by atoms with Crippen molar-refractivity contribution in [1.82, 2.24) is 0 Å². The molecule has 3 N–H and O–H groups in total. The van der Waals surface area contributed by atoms with Crippen LogP contribution in [-0.2, 0) is 6.42 Å². The number of nitrogens with zero attached hydrogens (tertiary/aromatic N) is 1. The normalized spacial score (nSPS) is 17.4. The summed E-state index contributed by atoms with van der Waals surface area (Å²) in [5.74, 6) is 1.98. The lowest BCUT2D eigenvalue weighted by atomic mass is 9.97. The van der Waals surface area contributed by atoms with E-state index in [1.165, 1.54) is 18.4 Å². The van der Waals surface area contributed by atoms with Crippen molar-refractivity contribution >= 4 is 35.6 Å². The number of hydrogen-bond acceptors (Lipinski definition) is 3. The molecule has 1 aliphatic carbocycles. The van der Waals surface area contributed by atoms with Crippen molar-refractivity contribution in [3.63, 3.8) is 0 Å². The maximum Gasteiger partial charge on any atom is 0.193 e. The number of benzene rings is 2. The number of nitrogens with two attached hydrogens (primary N) is 1. The van der Waals surface area contributed by atoms with Gasteiger partial charge in [-0.1, -0.05) is 30.3 Å². The maximum atomic E-state index is 6.11. The Bertz CT molecular complexity index is 791. The van der Waals surface area contributed by atoms with Crippen molar-refractivity contribution in [2.45, 2.75) is 25.7 Å². The monoisotopic (exact) mass is 479 g/mol. The van der Waals surface area contributed by atoms with Crippen LogP contribution in [0.3, 0.4) is 0 Å². The van der Waals surface area contributed by atoms with Gasteiger partial charge in [0.25, 0.3) is 0 Å². The van der Waals surface area contributed by atoms with Gasteiger partial charge in [0.2, 0.25) is 0 Å². The number of nitrogens with one attached hydrogen (secondary N) is 1. The van der Waals surface area contributed by atoms with Gasteiger partial charge in [-0.3, -0.25) is 4.99 Å². The van der Waals surface area contributed by atoms with E-state index in [1.807, 2.05) is 18.2 Å². The van der Waals surface area contributed by atoms with E-state index in [1.54, 1.807) is 0 Å². The third-order valence-corrected chi connectivity index (χ3v) is 4.98. The lowest BCUT2D eigenvalue weighted by Gasteiger charge is -2.14. The van der Waals surface area contributed by atoms with Gasteiger partial charge in [-0.15, -0.1) is 24.0 Å². The summed E-state index contributed by atoms with van der Waals surface area (Å²) < 4.78 is 11.4. The van der Waals surface area contributed by atoms with Gasteiger partial charge in [0, 0.05) is 24.7 Å². The van der Waals surface area contributed by atoms with Crippen molar-refractivity contribution in [2.24, 2.45) is 16.1 Å². The minimum atomic E-state index is 0. The molecule has 6 heteroatoms. The SMILES string of the molecule is I.NC(=NCC1(Cc2ccccc2)CC1)Nc1ccc2c(c1)OCCCO2. The summed E-state index contributed by atoms with van der Waals surface area (Å²) >= 11 is 0. The van der Waals surface area contributed by atoms with E-state index < -0.39 is 0 Å². The molecule has 0 spiro atoms. The Kier molecular flexibility index (Phi) is 6.46. The number of ether oxygens (including phenoxy) is 2. The summed E-state index contributed by atoms with van der Waals surface area (Å²) in [7, 11) is 0. The van der Waals surface area contributed by atoms with Crippen LogP contribution in [-0.4, -0.2) is 25.7 Å². The second-order valence-corrected chi connectivity index (χ2v) is 7.20. The minimum absolute atomic E-state index is 0. The van der Waals surface area contributed by atoms with Gasteiger partial charge < -0.3 is 20.5 Å². The van der Waals surface area contributed by atoms with E-state index in [9.17, 15) is 0 Å². The van der Waals surface area contributed by atoms with Crippen LogP contribution in [0.2, 0.25) is 0 Å². The number of rotatable bonds is 5. The number of halogens is 1. The largest absolute Gasteiger partial charge is 0.490 e. The molecule has 0 radical (unpaired) electrons. The second-order valence-electron chi connectivity index (χ2n) is 7.20. The van der Waals surface area contributed by atoms with Crippen molar-refractivity contribution < 1.29 is 9.47 Å². The molecule has 0 amide bonds. The lowest BCUT2D eigenvalue weighted by Crippen LogP contribution is -2.24. The zero-order valence-corrected chi connectivity index (χ0v) is 17.6. The van der Waals surface area contributed by atoms with Crippen LogP contribution in [0.5, 0.6) is 11.5 Å². The fourth-order valence-corrected chi connectivity index (χ4v) is 3.28. The molecule has 1 heterocycles. The highest BCUT2D eigenvalue weighted by molar-refractivity contribution is 14.0. The van der Waals surface area contributed by atoms with Crippen LogP contribution in [0, 0.1) is 5.41 Å². The molecule has 0 bridgehead atoms. The number of aliphatic imine (C=N–C) groups is 1. The van der Waals surface area contributed by atoms with Gasteiger partial charge in [-0.2, -0.15) is 0 Å². The summed E-state index contributed by atoms with van der Waals surface area (Å²) in [6, 6.07) is 16.4. The Balaban J connectivity index is 0.00000210. The fourth-order valence-electron chi connectivity index (χ4n) is 3.28. The molecule has 1 fully saturated rings. The standard InChI is InChI=1S/C21H25N3O2.HI/c22-20(23-15-21(9-10-21)14-16-5-2-1-3-6-16)24-17-7-8-18-19(13-17)26-12-4-11-25-18;/h1-3,5-8,13H,4,9-12,14-15H2,(H3,22,23,24);1H. The van der Waals surface area contributed by atoms with Gasteiger partial charge >= 0.3 is 0 Å². The number of anilines is 1. The molecule has 0 unspecified atom stereocenters. The molecule has 27 heavy (non-hydrogen) atoms. The molecule has 2 aliphatic rings. The Labute approximate surface area is 177 Å². The first-order valence-electron chi connectivity index (χ1n) is 9.23. The van der Waals surface area contributed by atoms with Crippen molar-refractivity contribution in [1.29, 1.82) is 0 Å². The molecule has 2 aromatic rings. The lowest BCUT2D eigenvalue weighted by molar-refractivity contribution is 0.297. The molecule has 5 nitrogen and oxygen atoms in total. The first kappa shape index (κ1) is 19.8. The van der Waals surface area contributed by atoms with Crippen molar-refractivity contribution in [3.05, 3.63) is 54.1 Å². The van der Waals surface area contributed by atoms with Gasteiger partial charge in [-0.05, 0) is 42.4 Å². The van der Waals surface area contributed by atoms with Crippen LogP contribution in [0.4, 0.5) is 5.69 Å². The average molecular weight is 479 g/mol. The number of fused-ring (bicyclic) bond motifs is 1. The molecular weight excluding hydrogens is 453 g/mol. The summed E-state index contributed by atoms with van der Waals surface area (Å²) in [4.78, 5) is 4.59. The predicted molar refractivity (Wildman–Crippen MR) is 119 cm³/mol. The summed E-state index contributed by atoms with van der Waals surface area (Å²) in [6.45, 7) is 2.11. The predicted octanol–water partition coefficient (Wildman–Crippen LogP) is 4.22. The highest BCUT2D eigenvalue weighted by atomic mass is 127. The van der Waals surface area contributed by atoms with E-state index in [-0.39, 0.29) is 29.4 Å². The smallest absolute Gasteiger partial charge is 0.193 e. The van der Waals surface area contributed by atoms with Gasteiger partial charge in [0.1, 0.15) is 0 Å². The van der Waals surface area contributed by atoms with Gasteiger partial charge in [0.15, 0.2) is 17.5 Å². The summed E-state index contributed by atoms with van der Waals surface area (Å²) in [5, 5.41) is 3.17. The number of guanidine groups is 1. The summed E-state index contributed by atoms with van der Waals surface area (Å²) in [6.07, 6.45) is 4.38. The zero-order chi connectivity index (χ0) is 17.8. The molecule has 1 aliphatic heterocycles. The Morgan fingerprint density at radius 2 is 1.78 bits per heavy atom. The zero-order valence-electron chi connectivity index (χ0n) is 15.3. The van der Waals surface area contributed by atoms with Gasteiger partial charge in [-0.25, -0.2) is 0 Å². The van der Waals surface area contributed by atoms with Crippen LogP contribution >= 0.6 is 24.0 Å². The van der Waals surface area contributed by atoms with Crippen LogP contribution in [0.15, 0.2) is 53.5 Å². The van der Waals surface area contributed by atoms with Gasteiger partial charge in [0.05, 0.1) is 13.2 Å². The molecule has 4 rings (SSSR count). The first-order chi connectivity index (χ1) is 12.7. The molecule has 0 saturated heterocycles. The van der Waals surface area contributed by atoms with E-state index in [0.717, 1.165) is 36.6 Å². The topological polar surface area (TPSA) is 68.9 Å². The van der Waals surface area contributed by atoms with Crippen LogP contribution < -0.4 is 20.5 Å². The molecule has 1 saturated carbocycles. The maximum absolute atomic E-state index is 6.11. The molecular formula is C21H26IN3O2. The highest BCUT2D eigenvalue weighted by Crippen LogP contribution is 2.48. The van der Waals surface area contributed by atoms with E-state index >= 15 is 0 Å². The average Bonchev–Trinajstić information content (AvgIpc) is 3.44. The third kappa shape index (κ3) is 5.28. The van der Waals surface area contributed by atoms with E-state index in [4.69, 9.17) is 15.2 Å². The number of hydrogen-bond donors (Lipinski definition) is 2. The Morgan fingerprint density at radius 1 is 1.04 bits per heavy atom.